The highest BCUT2D eigenvalue weighted by Gasteiger charge is 2.42. The predicted octanol–water partition coefficient (Wildman–Crippen LogP) is 6.24. The Bertz CT molecular complexity index is 1510. The van der Waals surface area contributed by atoms with E-state index >= 15 is 0 Å². The highest BCUT2D eigenvalue weighted by molar-refractivity contribution is 7.62. The number of nitrogens with zero attached hydrogens (tertiary/aromatic N) is 1. The van der Waals surface area contributed by atoms with E-state index in [1.54, 1.807) is 41.7 Å². The number of benzene rings is 2. The number of amides is 1. The number of nitrogens with one attached hydrogen (secondary N) is 1. The molecule has 1 saturated carbocycles. The normalized spacial score (nSPS) is 20.3. The van der Waals surface area contributed by atoms with E-state index in [0.717, 1.165) is 0 Å². The van der Waals surface area contributed by atoms with Gasteiger partial charge in [-0.1, -0.05) is 30.7 Å². The number of hydrogen-bond acceptors (Lipinski definition) is 5. The summed E-state index contributed by atoms with van der Waals surface area (Å²) in [6, 6.07) is 9.52. The van der Waals surface area contributed by atoms with Gasteiger partial charge >= 0.3 is 0 Å². The van der Waals surface area contributed by atoms with Crippen LogP contribution in [0.25, 0.3) is 10.9 Å². The molecule has 0 spiro atoms. The Morgan fingerprint density at radius 1 is 1.18 bits per heavy atom. The Labute approximate surface area is 236 Å². The molecule has 1 heterocycles. The van der Waals surface area contributed by atoms with Gasteiger partial charge in [0.05, 0.1) is 23.0 Å². The number of hydrogen-bond donors (Lipinski definition) is 1. The van der Waals surface area contributed by atoms with Crippen molar-refractivity contribution in [1.29, 1.82) is 0 Å². The van der Waals surface area contributed by atoms with Gasteiger partial charge in [0.25, 0.3) is 0 Å². The van der Waals surface area contributed by atoms with Crippen LogP contribution in [-0.2, 0) is 27.2 Å². The Morgan fingerprint density at radius 2 is 1.90 bits per heavy atom. The predicted molar refractivity (Wildman–Crippen MR) is 151 cm³/mol. The third-order valence-corrected chi connectivity index (χ3v) is 9.78. The zero-order chi connectivity index (χ0) is 29.2. The molecule has 40 heavy (non-hydrogen) atoms. The minimum Gasteiger partial charge on any atom is -0.486 e. The molecule has 4 rings (SSSR count). The van der Waals surface area contributed by atoms with E-state index in [2.05, 4.69) is 5.32 Å². The van der Waals surface area contributed by atoms with Gasteiger partial charge in [0.15, 0.2) is 11.6 Å². The van der Waals surface area contributed by atoms with Gasteiger partial charge in [-0.25, -0.2) is 8.78 Å². The third-order valence-electron chi connectivity index (χ3n) is 7.47. The second kappa shape index (κ2) is 12.2. The van der Waals surface area contributed by atoms with Crippen molar-refractivity contribution in [2.45, 2.75) is 46.0 Å². The smallest absolute Gasteiger partial charge is 0.224 e. The van der Waals surface area contributed by atoms with Gasteiger partial charge in [-0.2, -0.15) is 0 Å². The first-order chi connectivity index (χ1) is 18.9. The summed E-state index contributed by atoms with van der Waals surface area (Å²) in [5, 5.41) is 3.17. The van der Waals surface area contributed by atoms with Crippen LogP contribution >= 0.6 is 18.7 Å². The van der Waals surface area contributed by atoms with E-state index in [9.17, 15) is 27.7 Å². The number of ether oxygens (including phenoxy) is 1. The lowest BCUT2D eigenvalue weighted by Crippen LogP contribution is -2.36. The zero-order valence-corrected chi connectivity index (χ0v) is 24.2. The zero-order valence-electron chi connectivity index (χ0n) is 22.6. The Morgan fingerprint density at radius 3 is 2.60 bits per heavy atom. The summed E-state index contributed by atoms with van der Waals surface area (Å²) in [6.07, 6.45) is 0.587. The van der Waals surface area contributed by atoms with E-state index in [1.165, 1.54) is 19.1 Å². The van der Waals surface area contributed by atoms with Crippen LogP contribution < -0.4 is 10.1 Å². The van der Waals surface area contributed by atoms with Gasteiger partial charge in [-0.3, -0.25) is 14.4 Å². The first kappa shape index (κ1) is 29.9. The van der Waals surface area contributed by atoms with Gasteiger partial charge in [0, 0.05) is 47.4 Å². The highest BCUT2D eigenvalue weighted by Crippen LogP contribution is 2.41. The molecule has 214 valence electrons. The lowest BCUT2D eigenvalue weighted by atomic mass is 9.91. The van der Waals surface area contributed by atoms with Gasteiger partial charge in [0.2, 0.25) is 5.91 Å². The molecule has 2 unspecified atom stereocenters. The van der Waals surface area contributed by atoms with E-state index in [1.807, 2.05) is 6.92 Å². The number of halogens is 3. The topological polar surface area (TPSA) is 94.5 Å². The molecule has 1 aliphatic rings. The number of alkyl halides is 1. The van der Waals surface area contributed by atoms with Crippen molar-refractivity contribution >= 4 is 47.1 Å². The summed E-state index contributed by atoms with van der Waals surface area (Å²) in [5.41, 5.74) is 1.16. The molecule has 1 amide bonds. The molecule has 3 aromatic rings. The van der Waals surface area contributed by atoms with E-state index < -0.39 is 36.9 Å². The lowest BCUT2D eigenvalue weighted by molar-refractivity contribution is -0.132. The maximum absolute atomic E-state index is 14.5. The van der Waals surface area contributed by atoms with Crippen LogP contribution in [0.1, 0.15) is 42.6 Å². The van der Waals surface area contributed by atoms with Gasteiger partial charge in [-0.05, 0) is 44.6 Å². The standard InChI is InChI=1S/C29H32ClF2N2O5P/c1-4-40(3,38)16-39-20-8-9-21-24(17(2)35)14-34(26(21)12-20)15-27(36)22-10-19(31)11-23(22)29(37)33-13-18-6-5-7-25(30)28(18)32/h5-9,12,14,19,22-23H,4,10-11,13,15-16H2,1-3H3,(H,33,37)/t19-,22?,23+,40?/m0/s1. The molecule has 7 nitrogen and oxygen atoms in total. The maximum atomic E-state index is 14.5. The van der Waals surface area contributed by atoms with Crippen molar-refractivity contribution in [3.8, 4) is 5.75 Å². The lowest BCUT2D eigenvalue weighted by Gasteiger charge is -2.19. The molecule has 0 saturated heterocycles. The van der Waals surface area contributed by atoms with Crippen molar-refractivity contribution in [2.75, 3.05) is 19.2 Å². The number of rotatable bonds is 11. The van der Waals surface area contributed by atoms with Crippen LogP contribution in [0.5, 0.6) is 5.75 Å². The van der Waals surface area contributed by atoms with Crippen LogP contribution in [0.15, 0.2) is 42.6 Å². The van der Waals surface area contributed by atoms with Crippen LogP contribution in [-0.4, -0.2) is 47.4 Å². The summed E-state index contributed by atoms with van der Waals surface area (Å²) in [5.74, 6) is -3.07. The molecule has 4 atom stereocenters. The van der Waals surface area contributed by atoms with Crippen molar-refractivity contribution < 1.29 is 32.5 Å². The Hall–Kier alpha value is -3.03. The molecule has 0 radical (unpaired) electrons. The number of carbonyl (C=O) groups excluding carboxylic acids is 3. The summed E-state index contributed by atoms with van der Waals surface area (Å²) in [6.45, 7) is 4.59. The minimum absolute atomic E-state index is 0.0596. The quantitative estimate of drug-likeness (QED) is 0.210. The molecule has 1 aromatic heterocycles. The summed E-state index contributed by atoms with van der Waals surface area (Å²) < 4.78 is 48.5. The number of ketones is 2. The number of Topliss-reactive ketones (excluding diaryl/α,β-unsaturated/α-hetero) is 2. The number of fused-ring (bicyclic) bond motifs is 1. The summed E-state index contributed by atoms with van der Waals surface area (Å²) in [4.78, 5) is 38.7. The van der Waals surface area contributed by atoms with Crippen LogP contribution in [0.4, 0.5) is 8.78 Å². The molecule has 2 aromatic carbocycles. The fourth-order valence-corrected chi connectivity index (χ4v) is 5.78. The minimum atomic E-state index is -2.45. The van der Waals surface area contributed by atoms with Gasteiger partial charge < -0.3 is 19.2 Å². The van der Waals surface area contributed by atoms with E-state index in [0.29, 0.717) is 28.4 Å². The molecular weight excluding hydrogens is 561 g/mol. The molecule has 0 bridgehead atoms. The van der Waals surface area contributed by atoms with E-state index in [-0.39, 0.29) is 54.4 Å². The fraction of sp³-hybridized carbons (Fsp3) is 0.414. The molecule has 1 fully saturated rings. The summed E-state index contributed by atoms with van der Waals surface area (Å²) >= 11 is 5.81. The SMILES string of the molecule is CCP(C)(=O)COc1ccc2c(C(C)=O)cn(CC(=O)C3C[C@H](F)C[C@H]3C(=O)NCc3cccc(Cl)c3F)c2c1. The average molecular weight is 593 g/mol. The van der Waals surface area contributed by atoms with Gasteiger partial charge in [0.1, 0.15) is 31.2 Å². The average Bonchev–Trinajstić information content (AvgIpc) is 3.49. The second-order valence-electron chi connectivity index (χ2n) is 10.5. The monoisotopic (exact) mass is 592 g/mol. The molecule has 1 aliphatic carbocycles. The number of aromatic nitrogens is 1. The largest absolute Gasteiger partial charge is 0.486 e. The van der Waals surface area contributed by atoms with Crippen molar-refractivity contribution in [2.24, 2.45) is 11.8 Å². The highest BCUT2D eigenvalue weighted by atomic mass is 35.5. The van der Waals surface area contributed by atoms with Crippen LogP contribution in [0.3, 0.4) is 0 Å². The fourth-order valence-electron chi connectivity index (χ4n) is 4.98. The first-order valence-corrected chi connectivity index (χ1v) is 16.0. The maximum Gasteiger partial charge on any atom is 0.224 e. The van der Waals surface area contributed by atoms with Gasteiger partial charge in [-0.15, -0.1) is 0 Å². The molecule has 1 N–H and O–H groups in total. The Balaban J connectivity index is 1.54. The first-order valence-electron chi connectivity index (χ1n) is 13.1. The van der Waals surface area contributed by atoms with Crippen LogP contribution in [0, 0.1) is 17.7 Å². The Kier molecular flexibility index (Phi) is 9.16. The molecular formula is C29H32ClF2N2O5P. The van der Waals surface area contributed by atoms with E-state index in [4.69, 9.17) is 16.3 Å². The third kappa shape index (κ3) is 6.64. The van der Waals surface area contributed by atoms with Crippen LogP contribution in [0.2, 0.25) is 5.02 Å². The van der Waals surface area contributed by atoms with Crippen molar-refractivity contribution in [3.63, 3.8) is 0 Å². The molecule has 11 heteroatoms. The van der Waals surface area contributed by atoms with Crippen molar-refractivity contribution in [3.05, 3.63) is 64.6 Å². The summed E-state index contributed by atoms with van der Waals surface area (Å²) in [7, 11) is -2.45. The second-order valence-corrected chi connectivity index (χ2v) is 14.4. The molecule has 0 aliphatic heterocycles. The number of carbonyl (C=O) groups is 3. The van der Waals surface area contributed by atoms with Crippen molar-refractivity contribution in [1.82, 2.24) is 9.88 Å².